The Balaban J connectivity index is 1.10. The highest BCUT2D eigenvalue weighted by Gasteiger charge is 2.62. The van der Waals surface area contributed by atoms with Crippen molar-refractivity contribution in [3.63, 3.8) is 0 Å². The summed E-state index contributed by atoms with van der Waals surface area (Å²) in [6, 6.07) is 9.01. The average molecular weight is 790 g/mol. The van der Waals surface area contributed by atoms with Crippen LogP contribution in [0.1, 0.15) is 107 Å². The van der Waals surface area contributed by atoms with Gasteiger partial charge in [-0.05, 0) is 76.3 Å². The molecule has 5 heterocycles. The molecule has 0 unspecified atom stereocenters. The van der Waals surface area contributed by atoms with Gasteiger partial charge in [0.1, 0.15) is 6.61 Å². The molecule has 13 heteroatoms. The minimum Gasteiger partial charge on any atom is -0.481 e. The third kappa shape index (κ3) is 8.39. The predicted octanol–water partition coefficient (Wildman–Crippen LogP) is 6.53. The highest BCUT2D eigenvalue weighted by Crippen LogP contribution is 2.55. The van der Waals surface area contributed by atoms with E-state index in [-0.39, 0.29) is 54.5 Å². The third-order valence-corrected chi connectivity index (χ3v) is 14.2. The summed E-state index contributed by atoms with van der Waals surface area (Å²) in [5, 5.41) is 35.5. The van der Waals surface area contributed by atoms with E-state index in [4.69, 9.17) is 33.2 Å². The number of carbonyl (C=O) groups excluding carboxylic acids is 1. The van der Waals surface area contributed by atoms with E-state index in [2.05, 4.69) is 33.0 Å². The molecule has 0 saturated carbocycles. The van der Waals surface area contributed by atoms with E-state index in [0.29, 0.717) is 31.4 Å². The van der Waals surface area contributed by atoms with Crippen molar-refractivity contribution in [2.24, 2.45) is 35.5 Å². The largest absolute Gasteiger partial charge is 0.481 e. The van der Waals surface area contributed by atoms with Gasteiger partial charge in [0.25, 0.3) is 0 Å². The Morgan fingerprint density at radius 1 is 1.00 bits per heavy atom. The monoisotopic (exact) mass is 789 g/mol. The number of hydrogen-bond donors (Lipinski definition) is 4. The van der Waals surface area contributed by atoms with Gasteiger partial charge < -0.3 is 48.5 Å². The van der Waals surface area contributed by atoms with Crippen molar-refractivity contribution in [1.82, 2.24) is 0 Å². The van der Waals surface area contributed by atoms with Crippen LogP contribution in [0.5, 0.6) is 0 Å². The molecule has 1 amide bonds. The molecule has 316 valence electrons. The number of aliphatic hydroxyl groups excluding tert-OH is 1. The fraction of sp³-hybridized carbons (Fsp3) is 0.814. The number of carbonyl (C=O) groups is 2. The van der Waals surface area contributed by atoms with Gasteiger partial charge in [0.2, 0.25) is 5.79 Å². The zero-order valence-corrected chi connectivity index (χ0v) is 34.8. The highest BCUT2D eigenvalue weighted by atomic mass is 16.7. The number of carboxylic acid groups (broad SMARTS) is 1. The lowest BCUT2D eigenvalue weighted by Gasteiger charge is -2.49. The van der Waals surface area contributed by atoms with Crippen LogP contribution < -0.4 is 5.32 Å². The van der Waals surface area contributed by atoms with Crippen LogP contribution in [0.4, 0.5) is 10.5 Å². The summed E-state index contributed by atoms with van der Waals surface area (Å²) >= 11 is 0. The summed E-state index contributed by atoms with van der Waals surface area (Å²) < 4.78 is 45.5. The number of amides is 1. The van der Waals surface area contributed by atoms with Crippen LogP contribution in [0.3, 0.4) is 0 Å². The van der Waals surface area contributed by atoms with Gasteiger partial charge in [-0.25, -0.2) is 4.79 Å². The predicted molar refractivity (Wildman–Crippen MR) is 207 cm³/mol. The first-order chi connectivity index (χ1) is 26.4. The molecule has 13 nitrogen and oxygen atoms in total. The number of aliphatic carboxylic acids is 1. The fourth-order valence-corrected chi connectivity index (χ4v) is 10.7. The maximum atomic E-state index is 12.6. The van der Waals surface area contributed by atoms with E-state index in [0.717, 1.165) is 25.7 Å². The molecule has 56 heavy (non-hydrogen) atoms. The Bertz CT molecular complexity index is 1520. The van der Waals surface area contributed by atoms with Gasteiger partial charge >= 0.3 is 12.1 Å². The third-order valence-electron chi connectivity index (χ3n) is 14.2. The summed E-state index contributed by atoms with van der Waals surface area (Å²) in [7, 11) is 1.52. The molecule has 0 bridgehead atoms. The van der Waals surface area contributed by atoms with E-state index >= 15 is 0 Å². The maximum Gasteiger partial charge on any atom is 0.411 e. The molecule has 1 aromatic carbocycles. The smallest absolute Gasteiger partial charge is 0.411 e. The molecule has 4 N–H and O–H groups in total. The molecular formula is C43H67NO12. The number of ether oxygens (including phenoxy) is 7. The van der Waals surface area contributed by atoms with Gasteiger partial charge in [-0.2, -0.15) is 0 Å². The first-order valence-electron chi connectivity index (χ1n) is 20.9. The summed E-state index contributed by atoms with van der Waals surface area (Å²) in [5.74, 6) is -4.95. The van der Waals surface area contributed by atoms with Crippen molar-refractivity contribution in [2.45, 2.75) is 172 Å². The highest BCUT2D eigenvalue weighted by molar-refractivity contribution is 5.84. The fourth-order valence-electron chi connectivity index (χ4n) is 10.7. The second-order valence-corrected chi connectivity index (χ2v) is 18.2. The van der Waals surface area contributed by atoms with Crippen molar-refractivity contribution >= 4 is 17.7 Å². The van der Waals surface area contributed by atoms with Crippen LogP contribution in [0.2, 0.25) is 0 Å². The van der Waals surface area contributed by atoms with Crippen LogP contribution in [0.25, 0.3) is 0 Å². The molecule has 6 rings (SSSR count). The van der Waals surface area contributed by atoms with Crippen molar-refractivity contribution < 1.29 is 58.1 Å². The minimum absolute atomic E-state index is 0.0998. The normalized spacial score (nSPS) is 44.3. The molecule has 0 aromatic heterocycles. The molecule has 17 atom stereocenters. The maximum absolute atomic E-state index is 12.6. The van der Waals surface area contributed by atoms with E-state index in [1.807, 2.05) is 39.0 Å². The van der Waals surface area contributed by atoms with E-state index in [9.17, 15) is 24.9 Å². The summed E-state index contributed by atoms with van der Waals surface area (Å²) in [5.41, 5.74) is -0.638. The lowest BCUT2D eigenvalue weighted by Crippen LogP contribution is -2.57. The van der Waals surface area contributed by atoms with Gasteiger partial charge in [-0.1, -0.05) is 59.7 Å². The number of aliphatic hydroxyl groups is 2. The lowest BCUT2D eigenvalue weighted by atomic mass is 9.78. The molecule has 5 aliphatic rings. The molecular weight excluding hydrogens is 722 g/mol. The van der Waals surface area contributed by atoms with Gasteiger partial charge in [-0.15, -0.1) is 0 Å². The van der Waals surface area contributed by atoms with Crippen molar-refractivity contribution in [2.75, 3.05) is 19.0 Å². The first kappa shape index (κ1) is 43.2. The molecule has 0 radical (unpaired) electrons. The summed E-state index contributed by atoms with van der Waals surface area (Å²) in [6.07, 6.45) is 1.73. The molecule has 1 spiro atoms. The van der Waals surface area contributed by atoms with Crippen LogP contribution in [-0.2, 0) is 38.0 Å². The lowest BCUT2D eigenvalue weighted by molar-refractivity contribution is -0.336. The van der Waals surface area contributed by atoms with Gasteiger partial charge in [0.15, 0.2) is 5.79 Å². The number of nitrogens with one attached hydrogen (secondary N) is 1. The summed E-state index contributed by atoms with van der Waals surface area (Å²) in [4.78, 5) is 24.5. The number of benzene rings is 1. The van der Waals surface area contributed by atoms with Crippen LogP contribution in [0, 0.1) is 35.5 Å². The van der Waals surface area contributed by atoms with E-state index in [1.165, 1.54) is 7.11 Å². The van der Waals surface area contributed by atoms with Gasteiger partial charge in [0.05, 0.1) is 59.8 Å². The number of carboxylic acids is 1. The Labute approximate surface area is 332 Å². The number of para-hydroxylation sites is 1. The molecule has 0 aliphatic carbocycles. The topological polar surface area (TPSA) is 171 Å². The Morgan fingerprint density at radius 3 is 2.38 bits per heavy atom. The number of methoxy groups -OCH3 is 1. The average Bonchev–Trinajstić information content (AvgIpc) is 3.87. The molecule has 5 fully saturated rings. The van der Waals surface area contributed by atoms with Crippen molar-refractivity contribution in [3.05, 3.63) is 30.3 Å². The van der Waals surface area contributed by atoms with Crippen LogP contribution in [-0.4, -0.2) is 107 Å². The van der Waals surface area contributed by atoms with Crippen molar-refractivity contribution in [1.29, 1.82) is 0 Å². The first-order valence-corrected chi connectivity index (χ1v) is 20.9. The minimum atomic E-state index is -1.67. The Hall–Kier alpha value is -2.36. The molecule has 5 saturated heterocycles. The van der Waals surface area contributed by atoms with Gasteiger partial charge in [0, 0.05) is 43.4 Å². The molecule has 5 aliphatic heterocycles. The standard InChI is InChI=1S/C43H67NO12/c1-10-41(37-25(3)21-32(52-37)34-24(2)20-26(4)43(49,55-34)23-51-39(48)44-30-14-12-11-13-15-30)17-16-33(53-41)40(8)18-19-42(56-40)22-31(45)27(5)36(54-42)28(6)35(50-9)29(7)38(46)47/h11-15,24-29,31-37,45,49H,10,16-23H2,1-9H3,(H,44,48)(H,46,47)/t24-,25-,26+,27+,28-,29+,31-,32+,33+,34-,35+,36-,37+,40-,41-,42+,43-/m0/s1. The number of anilines is 1. The van der Waals surface area contributed by atoms with E-state index < -0.39 is 65.2 Å². The second-order valence-electron chi connectivity index (χ2n) is 18.2. The van der Waals surface area contributed by atoms with Crippen molar-refractivity contribution in [3.8, 4) is 0 Å². The summed E-state index contributed by atoms with van der Waals surface area (Å²) in [6.45, 7) is 15.7. The Kier molecular flexibility index (Phi) is 12.9. The second kappa shape index (κ2) is 16.7. The quantitative estimate of drug-likeness (QED) is 0.181. The number of rotatable bonds is 12. The Morgan fingerprint density at radius 2 is 1.71 bits per heavy atom. The van der Waals surface area contributed by atoms with Crippen LogP contribution >= 0.6 is 0 Å². The van der Waals surface area contributed by atoms with E-state index in [1.54, 1.807) is 19.1 Å². The molecule has 1 aromatic rings. The van der Waals surface area contributed by atoms with Gasteiger partial charge in [-0.3, -0.25) is 10.1 Å². The SMILES string of the molecule is CC[C@@]1([C@@H]2O[C@@H]([C@H]3O[C@@](O)(COC(=O)Nc4ccccc4)[C@H](C)C[C@@H]3C)C[C@@H]2C)CC[C@H]([C@]2(C)CC[C@]3(C[C@H](O)[C@@H](C)[C@@H]([C@@H](C)[C@@H](OC)[C@@H](C)C(=O)O)O3)O2)O1. The number of hydrogen-bond acceptors (Lipinski definition) is 11. The zero-order valence-electron chi connectivity index (χ0n) is 34.8. The zero-order chi connectivity index (χ0) is 40.8. The van der Waals surface area contributed by atoms with Crippen LogP contribution in [0.15, 0.2) is 30.3 Å².